The maximum atomic E-state index is 11.9. The molecule has 0 aromatic carbocycles. The molecular formula is C17H25N5O3S. The van der Waals surface area contributed by atoms with Crippen LogP contribution in [-0.4, -0.2) is 52.5 Å². The molecule has 0 fully saturated rings. The van der Waals surface area contributed by atoms with Crippen LogP contribution in [0.1, 0.15) is 32.3 Å². The van der Waals surface area contributed by atoms with Gasteiger partial charge in [-0.05, 0) is 13.0 Å². The fourth-order valence-electron chi connectivity index (χ4n) is 2.08. The van der Waals surface area contributed by atoms with Crippen molar-refractivity contribution >= 4 is 22.5 Å². The monoisotopic (exact) mass is 379 g/mol. The van der Waals surface area contributed by atoms with Crippen LogP contribution in [0.3, 0.4) is 0 Å². The first-order valence-electron chi connectivity index (χ1n) is 8.36. The largest absolute Gasteiger partial charge is 0.394 e. The summed E-state index contributed by atoms with van der Waals surface area (Å²) in [5.41, 5.74) is 1.45. The molecule has 0 unspecified atom stereocenters. The summed E-state index contributed by atoms with van der Waals surface area (Å²) in [6, 6.07) is 1.49. The summed E-state index contributed by atoms with van der Waals surface area (Å²) in [5, 5.41) is 14.5. The van der Waals surface area contributed by atoms with E-state index in [9.17, 15) is 4.79 Å². The van der Waals surface area contributed by atoms with Gasteiger partial charge < -0.3 is 15.2 Å². The van der Waals surface area contributed by atoms with Crippen LogP contribution in [0.15, 0.2) is 12.3 Å². The van der Waals surface area contributed by atoms with Crippen LogP contribution in [0.4, 0.5) is 9.93 Å². The highest BCUT2D eigenvalue weighted by molar-refractivity contribution is 7.19. The molecule has 142 valence electrons. The van der Waals surface area contributed by atoms with Gasteiger partial charge in [0.1, 0.15) is 5.82 Å². The van der Waals surface area contributed by atoms with Crippen LogP contribution in [0.25, 0.3) is 10.6 Å². The number of hydrogen-bond donors (Lipinski definition) is 3. The van der Waals surface area contributed by atoms with E-state index in [1.807, 2.05) is 13.0 Å². The van der Waals surface area contributed by atoms with E-state index in [4.69, 9.17) is 9.84 Å². The number of amides is 2. The zero-order valence-corrected chi connectivity index (χ0v) is 16.3. The van der Waals surface area contributed by atoms with Gasteiger partial charge in [0.2, 0.25) is 0 Å². The van der Waals surface area contributed by atoms with Gasteiger partial charge >= 0.3 is 6.03 Å². The average molecular weight is 379 g/mol. The quantitative estimate of drug-likeness (QED) is 0.637. The van der Waals surface area contributed by atoms with Crippen molar-refractivity contribution in [2.45, 2.75) is 33.1 Å². The summed E-state index contributed by atoms with van der Waals surface area (Å²) in [6.07, 6.45) is 1.74. The van der Waals surface area contributed by atoms with Gasteiger partial charge in [0.25, 0.3) is 0 Å². The van der Waals surface area contributed by atoms with E-state index in [1.165, 1.54) is 11.3 Å². The predicted molar refractivity (Wildman–Crippen MR) is 102 cm³/mol. The van der Waals surface area contributed by atoms with Crippen molar-refractivity contribution < 1.29 is 14.6 Å². The highest BCUT2D eigenvalue weighted by Gasteiger charge is 2.19. The van der Waals surface area contributed by atoms with Crippen molar-refractivity contribution in [1.29, 1.82) is 0 Å². The molecule has 8 nitrogen and oxygen atoms in total. The lowest BCUT2D eigenvalue weighted by atomic mass is 9.95. The molecule has 2 aromatic heterocycles. The fraction of sp³-hybridized carbons (Fsp3) is 0.529. The number of urea groups is 1. The molecule has 0 saturated carbocycles. The Balaban J connectivity index is 2.02. The fourth-order valence-corrected chi connectivity index (χ4v) is 3.01. The molecule has 0 aliphatic heterocycles. The Morgan fingerprint density at radius 2 is 2.08 bits per heavy atom. The first-order valence-corrected chi connectivity index (χ1v) is 9.17. The second-order valence-corrected chi connectivity index (χ2v) is 7.66. The minimum Gasteiger partial charge on any atom is -0.394 e. The SMILES string of the molecule is Cc1nc(NC(=O)NCCOCCO)sc1-c1ccnc(C(C)(C)C)n1. The summed E-state index contributed by atoms with van der Waals surface area (Å²) in [7, 11) is 0. The highest BCUT2D eigenvalue weighted by atomic mass is 32.1. The zero-order chi connectivity index (χ0) is 19.2. The third-order valence-corrected chi connectivity index (χ3v) is 4.44. The Morgan fingerprint density at radius 1 is 1.31 bits per heavy atom. The second-order valence-electron chi connectivity index (χ2n) is 6.67. The van der Waals surface area contributed by atoms with E-state index in [-0.39, 0.29) is 24.7 Å². The lowest BCUT2D eigenvalue weighted by Gasteiger charge is -2.16. The predicted octanol–water partition coefficient (Wildman–Crippen LogP) is 2.34. The summed E-state index contributed by atoms with van der Waals surface area (Å²) < 4.78 is 5.08. The van der Waals surface area contributed by atoms with E-state index >= 15 is 0 Å². The molecular weight excluding hydrogens is 354 g/mol. The number of hydrogen-bond acceptors (Lipinski definition) is 7. The van der Waals surface area contributed by atoms with Gasteiger partial charge in [-0.2, -0.15) is 0 Å². The van der Waals surface area contributed by atoms with Gasteiger partial charge in [-0.3, -0.25) is 5.32 Å². The summed E-state index contributed by atoms with van der Waals surface area (Å²) >= 11 is 1.37. The molecule has 0 aliphatic carbocycles. The van der Waals surface area contributed by atoms with E-state index in [0.717, 1.165) is 22.1 Å². The molecule has 0 radical (unpaired) electrons. The molecule has 0 spiro atoms. The van der Waals surface area contributed by atoms with E-state index in [1.54, 1.807) is 6.20 Å². The zero-order valence-electron chi connectivity index (χ0n) is 15.5. The third-order valence-electron chi connectivity index (χ3n) is 3.34. The van der Waals surface area contributed by atoms with Gasteiger partial charge in [0, 0.05) is 18.2 Å². The third kappa shape index (κ3) is 5.72. The van der Waals surface area contributed by atoms with Crippen LogP contribution in [0.2, 0.25) is 0 Å². The van der Waals surface area contributed by atoms with Crippen molar-refractivity contribution in [3.8, 4) is 10.6 Å². The van der Waals surface area contributed by atoms with Crippen molar-refractivity contribution in [2.75, 3.05) is 31.7 Å². The molecule has 2 heterocycles. The highest BCUT2D eigenvalue weighted by Crippen LogP contribution is 2.32. The molecule has 2 rings (SSSR count). The number of nitrogens with zero attached hydrogens (tertiary/aromatic N) is 3. The standard InChI is InChI=1S/C17H25N5O3S/c1-11-13(12-5-6-18-14(21-12)17(2,3)4)26-16(20-11)22-15(24)19-7-9-25-10-8-23/h5-6,23H,7-10H2,1-4H3,(H2,19,20,22,24). The number of aryl methyl sites for hydroxylation is 1. The Morgan fingerprint density at radius 3 is 2.77 bits per heavy atom. The Labute approximate surface area is 157 Å². The van der Waals surface area contributed by atoms with Crippen molar-refractivity contribution in [2.24, 2.45) is 0 Å². The Hall–Kier alpha value is -2.10. The van der Waals surface area contributed by atoms with Crippen LogP contribution in [0, 0.1) is 6.92 Å². The van der Waals surface area contributed by atoms with Gasteiger partial charge in [0.15, 0.2) is 5.13 Å². The second kappa shape index (κ2) is 9.02. The topological polar surface area (TPSA) is 109 Å². The van der Waals surface area contributed by atoms with E-state index in [0.29, 0.717) is 18.3 Å². The molecule has 2 aromatic rings. The smallest absolute Gasteiger partial charge is 0.321 e. The number of anilines is 1. The number of nitrogens with one attached hydrogen (secondary N) is 2. The molecule has 2 amide bonds. The molecule has 0 atom stereocenters. The van der Waals surface area contributed by atoms with Gasteiger partial charge in [0.05, 0.1) is 36.1 Å². The molecule has 0 bridgehead atoms. The van der Waals surface area contributed by atoms with Crippen molar-refractivity contribution in [1.82, 2.24) is 20.3 Å². The first kappa shape index (κ1) is 20.2. The maximum Gasteiger partial charge on any atom is 0.321 e. The first-order chi connectivity index (χ1) is 12.3. The molecule has 9 heteroatoms. The van der Waals surface area contributed by atoms with Gasteiger partial charge in [-0.25, -0.2) is 19.7 Å². The summed E-state index contributed by atoms with van der Waals surface area (Å²) in [5.74, 6) is 0.762. The summed E-state index contributed by atoms with van der Waals surface area (Å²) in [4.78, 5) is 26.2. The number of aliphatic hydroxyl groups is 1. The van der Waals surface area contributed by atoms with Crippen molar-refractivity contribution in [3.63, 3.8) is 0 Å². The maximum absolute atomic E-state index is 11.9. The summed E-state index contributed by atoms with van der Waals surface area (Å²) in [6.45, 7) is 8.99. The van der Waals surface area contributed by atoms with Crippen LogP contribution in [-0.2, 0) is 10.2 Å². The van der Waals surface area contributed by atoms with Crippen molar-refractivity contribution in [3.05, 3.63) is 23.8 Å². The average Bonchev–Trinajstić information content (AvgIpc) is 2.94. The van der Waals surface area contributed by atoms with E-state index < -0.39 is 0 Å². The number of carbonyl (C=O) groups is 1. The molecule has 3 N–H and O–H groups in total. The van der Waals surface area contributed by atoms with Crippen LogP contribution >= 0.6 is 11.3 Å². The van der Waals surface area contributed by atoms with Crippen LogP contribution in [0.5, 0.6) is 0 Å². The minimum atomic E-state index is -0.351. The number of rotatable bonds is 7. The van der Waals surface area contributed by atoms with Gasteiger partial charge in [-0.15, -0.1) is 0 Å². The number of carbonyl (C=O) groups excluding carboxylic acids is 1. The number of aliphatic hydroxyl groups excluding tert-OH is 1. The van der Waals surface area contributed by atoms with E-state index in [2.05, 4.69) is 46.4 Å². The molecule has 0 saturated heterocycles. The van der Waals surface area contributed by atoms with Crippen LogP contribution < -0.4 is 10.6 Å². The molecule has 26 heavy (non-hydrogen) atoms. The lowest BCUT2D eigenvalue weighted by Crippen LogP contribution is -2.31. The number of ether oxygens (including phenoxy) is 1. The Kier molecular flexibility index (Phi) is 7.01. The minimum absolute atomic E-state index is 0.0344. The number of thiazole rings is 1. The Bertz CT molecular complexity index is 742. The molecule has 0 aliphatic rings. The normalized spacial score (nSPS) is 11.4. The lowest BCUT2D eigenvalue weighted by molar-refractivity contribution is 0.0950. The number of aromatic nitrogens is 3. The van der Waals surface area contributed by atoms with Gasteiger partial charge in [-0.1, -0.05) is 32.1 Å².